The van der Waals surface area contributed by atoms with Gasteiger partial charge in [0, 0.05) is 18.5 Å². The average Bonchev–Trinajstić information content (AvgIpc) is 3.44. The van der Waals surface area contributed by atoms with Crippen LogP contribution >= 0.6 is 0 Å². The van der Waals surface area contributed by atoms with Crippen molar-refractivity contribution in [2.45, 2.75) is 31.8 Å². The first-order chi connectivity index (χ1) is 10.7. The van der Waals surface area contributed by atoms with E-state index in [0.717, 1.165) is 0 Å². The van der Waals surface area contributed by atoms with Crippen molar-refractivity contribution in [3.8, 4) is 11.7 Å². The van der Waals surface area contributed by atoms with Gasteiger partial charge in [-0.05, 0) is 49.7 Å². The van der Waals surface area contributed by atoms with Crippen molar-refractivity contribution < 1.29 is 14.6 Å². The second-order valence-electron chi connectivity index (χ2n) is 6.04. The van der Waals surface area contributed by atoms with Gasteiger partial charge in [-0.1, -0.05) is 0 Å². The summed E-state index contributed by atoms with van der Waals surface area (Å²) < 4.78 is 7.53. The molecule has 0 radical (unpaired) electrons. The highest BCUT2D eigenvalue weighted by Gasteiger charge is 2.43. The van der Waals surface area contributed by atoms with E-state index >= 15 is 0 Å². The highest BCUT2D eigenvalue weighted by atomic mass is 16.5. The Bertz CT molecular complexity index is 692. The first-order valence-electron chi connectivity index (χ1n) is 7.63. The van der Waals surface area contributed by atoms with Crippen molar-refractivity contribution in [1.29, 1.82) is 0 Å². The predicted octanol–water partition coefficient (Wildman–Crippen LogP) is 2.53. The van der Waals surface area contributed by atoms with Gasteiger partial charge in [0.2, 0.25) is 5.88 Å². The predicted molar refractivity (Wildman–Crippen MR) is 78.2 cm³/mol. The number of carboxylic acids is 1. The maximum atomic E-state index is 11.3. The van der Waals surface area contributed by atoms with Crippen LogP contribution in [-0.4, -0.2) is 31.9 Å². The van der Waals surface area contributed by atoms with Gasteiger partial charge < -0.3 is 9.84 Å². The summed E-state index contributed by atoms with van der Waals surface area (Å²) in [4.78, 5) is 15.4. The third-order valence-electron chi connectivity index (χ3n) is 4.23. The van der Waals surface area contributed by atoms with E-state index in [-0.39, 0.29) is 11.7 Å². The molecule has 6 heteroatoms. The van der Waals surface area contributed by atoms with Crippen LogP contribution in [0.15, 0.2) is 30.6 Å². The van der Waals surface area contributed by atoms with E-state index in [0.29, 0.717) is 23.5 Å². The van der Waals surface area contributed by atoms with Crippen LogP contribution in [-0.2, 0) is 0 Å². The van der Waals surface area contributed by atoms with Crippen LogP contribution in [0.2, 0.25) is 0 Å². The Morgan fingerprint density at radius 3 is 2.64 bits per heavy atom. The van der Waals surface area contributed by atoms with Crippen LogP contribution < -0.4 is 4.74 Å². The third-order valence-corrected chi connectivity index (χ3v) is 4.23. The molecule has 0 spiro atoms. The van der Waals surface area contributed by atoms with Crippen molar-refractivity contribution in [2.75, 3.05) is 0 Å². The molecule has 4 rings (SSSR count). The summed E-state index contributed by atoms with van der Waals surface area (Å²) >= 11 is 0. The highest BCUT2D eigenvalue weighted by molar-refractivity contribution is 5.90. The summed E-state index contributed by atoms with van der Waals surface area (Å²) in [5.74, 6) is 1.17. The Morgan fingerprint density at radius 2 is 2.00 bits per heavy atom. The van der Waals surface area contributed by atoms with Gasteiger partial charge in [-0.25, -0.2) is 14.5 Å². The number of ether oxygens (including phenoxy) is 1. The zero-order valence-electron chi connectivity index (χ0n) is 12.1. The number of nitrogens with zero attached hydrogens (tertiary/aromatic N) is 3. The number of carbonyl (C=O) groups is 1. The van der Waals surface area contributed by atoms with Gasteiger partial charge in [0.1, 0.15) is 11.7 Å². The molecule has 0 saturated heterocycles. The standard InChI is InChI=1S/C16H17N3O3/c20-16(21)12-2-1-8-17-15(12)19-9-7-13(18-19)22-14(10-3-4-10)11-5-6-11/h1-2,7-11,14H,3-6H2,(H,20,21). The van der Waals surface area contributed by atoms with Gasteiger partial charge in [0.25, 0.3) is 0 Å². The van der Waals surface area contributed by atoms with Crippen LogP contribution in [0, 0.1) is 11.8 Å². The second kappa shape index (κ2) is 5.12. The minimum absolute atomic E-state index is 0.123. The molecule has 1 N–H and O–H groups in total. The maximum Gasteiger partial charge on any atom is 0.339 e. The molecule has 0 amide bonds. The van der Waals surface area contributed by atoms with Crippen molar-refractivity contribution in [3.63, 3.8) is 0 Å². The Kier molecular flexibility index (Phi) is 3.10. The minimum atomic E-state index is -1.02. The number of aromatic carboxylic acids is 1. The number of aromatic nitrogens is 3. The molecule has 114 valence electrons. The van der Waals surface area contributed by atoms with Gasteiger partial charge in [0.15, 0.2) is 5.82 Å². The second-order valence-corrected chi connectivity index (χ2v) is 6.04. The van der Waals surface area contributed by atoms with E-state index in [9.17, 15) is 9.90 Å². The molecule has 2 aliphatic rings. The maximum absolute atomic E-state index is 11.3. The zero-order valence-corrected chi connectivity index (χ0v) is 12.1. The van der Waals surface area contributed by atoms with Gasteiger partial charge in [0.05, 0.1) is 0 Å². The number of hydrogen-bond donors (Lipinski definition) is 1. The molecule has 6 nitrogen and oxygen atoms in total. The molecular formula is C16H17N3O3. The lowest BCUT2D eigenvalue weighted by atomic mass is 10.1. The number of pyridine rings is 1. The average molecular weight is 299 g/mol. The molecule has 22 heavy (non-hydrogen) atoms. The summed E-state index contributed by atoms with van der Waals surface area (Å²) in [7, 11) is 0. The Balaban J connectivity index is 1.57. The molecule has 0 aliphatic heterocycles. The largest absolute Gasteiger partial charge is 0.478 e. The molecule has 0 atom stereocenters. The third kappa shape index (κ3) is 2.56. The van der Waals surface area contributed by atoms with E-state index in [1.807, 2.05) is 0 Å². The fourth-order valence-corrected chi connectivity index (χ4v) is 2.80. The molecule has 2 fully saturated rings. The Labute approximate surface area is 127 Å². The van der Waals surface area contributed by atoms with Crippen LogP contribution in [0.1, 0.15) is 36.0 Å². The van der Waals surface area contributed by atoms with E-state index in [2.05, 4.69) is 10.1 Å². The van der Waals surface area contributed by atoms with Gasteiger partial charge in [-0.3, -0.25) is 0 Å². The number of rotatable bonds is 6. The SMILES string of the molecule is O=C(O)c1cccnc1-n1ccc(OC(C2CC2)C2CC2)n1. The summed E-state index contributed by atoms with van der Waals surface area (Å²) in [6.07, 6.45) is 8.49. The quantitative estimate of drug-likeness (QED) is 0.887. The molecule has 2 aliphatic carbocycles. The van der Waals surface area contributed by atoms with Crippen molar-refractivity contribution in [2.24, 2.45) is 11.8 Å². The van der Waals surface area contributed by atoms with Gasteiger partial charge in [-0.2, -0.15) is 0 Å². The molecule has 2 heterocycles. The number of hydrogen-bond acceptors (Lipinski definition) is 4. The van der Waals surface area contributed by atoms with Crippen LogP contribution in [0.3, 0.4) is 0 Å². The minimum Gasteiger partial charge on any atom is -0.478 e. The van der Waals surface area contributed by atoms with Gasteiger partial charge >= 0.3 is 5.97 Å². The molecule has 0 bridgehead atoms. The first kappa shape index (κ1) is 13.3. The monoisotopic (exact) mass is 299 g/mol. The van der Waals surface area contributed by atoms with E-state index < -0.39 is 5.97 Å². The Morgan fingerprint density at radius 1 is 1.27 bits per heavy atom. The highest BCUT2D eigenvalue weighted by Crippen LogP contribution is 2.46. The van der Waals surface area contributed by atoms with Crippen LogP contribution in [0.4, 0.5) is 0 Å². The fraction of sp³-hybridized carbons (Fsp3) is 0.438. The summed E-state index contributed by atoms with van der Waals surface area (Å²) in [5.41, 5.74) is 0.123. The smallest absolute Gasteiger partial charge is 0.339 e. The van der Waals surface area contributed by atoms with Crippen molar-refractivity contribution in [3.05, 3.63) is 36.2 Å². The van der Waals surface area contributed by atoms with E-state index in [4.69, 9.17) is 4.74 Å². The molecule has 2 aromatic heterocycles. The summed E-state index contributed by atoms with van der Waals surface area (Å²) in [5, 5.41) is 13.6. The molecule has 2 aromatic rings. The fourth-order valence-electron chi connectivity index (χ4n) is 2.80. The zero-order chi connectivity index (χ0) is 15.1. The van der Waals surface area contributed by atoms with Gasteiger partial charge in [-0.15, -0.1) is 5.10 Å². The Hall–Kier alpha value is -2.37. The molecule has 2 saturated carbocycles. The number of carboxylic acid groups (broad SMARTS) is 1. The van der Waals surface area contributed by atoms with E-state index in [1.54, 1.807) is 24.5 Å². The summed E-state index contributed by atoms with van der Waals surface area (Å²) in [6, 6.07) is 4.90. The van der Waals surface area contributed by atoms with Crippen molar-refractivity contribution in [1.82, 2.24) is 14.8 Å². The molecule has 0 unspecified atom stereocenters. The summed E-state index contributed by atoms with van der Waals surface area (Å²) in [6.45, 7) is 0. The normalized spacial score (nSPS) is 17.7. The molecular weight excluding hydrogens is 282 g/mol. The first-order valence-corrected chi connectivity index (χ1v) is 7.63. The van der Waals surface area contributed by atoms with E-state index in [1.165, 1.54) is 36.4 Å². The lowest BCUT2D eigenvalue weighted by molar-refractivity contribution is 0.0696. The lowest BCUT2D eigenvalue weighted by Gasteiger charge is -2.15. The topological polar surface area (TPSA) is 77.2 Å². The van der Waals surface area contributed by atoms with Crippen LogP contribution in [0.5, 0.6) is 5.88 Å². The van der Waals surface area contributed by atoms with Crippen LogP contribution in [0.25, 0.3) is 5.82 Å². The lowest BCUT2D eigenvalue weighted by Crippen LogP contribution is -2.21. The molecule has 0 aromatic carbocycles. The van der Waals surface area contributed by atoms with Crippen molar-refractivity contribution >= 4 is 5.97 Å².